The van der Waals surface area contributed by atoms with Crippen LogP contribution in [0.2, 0.25) is 0 Å². The number of rotatable bonds is 2. The Morgan fingerprint density at radius 1 is 1.12 bits per heavy atom. The van der Waals surface area contributed by atoms with Gasteiger partial charge in [0.25, 0.3) is 11.8 Å². The van der Waals surface area contributed by atoms with Crippen molar-refractivity contribution in [2.24, 2.45) is 0 Å². The number of hydrogen-bond donors (Lipinski definition) is 1. The number of nitrogens with zero attached hydrogens (tertiary/aromatic N) is 2. The van der Waals surface area contributed by atoms with Gasteiger partial charge in [0.05, 0.1) is 0 Å². The van der Waals surface area contributed by atoms with E-state index < -0.39 is 23.4 Å². The van der Waals surface area contributed by atoms with Gasteiger partial charge in [-0.15, -0.1) is 0 Å². The number of carbonyl (C=O) groups excluding carboxylic acids is 3. The number of imide groups is 2. The molecular formula is C19H21N3O3. The lowest BCUT2D eigenvalue weighted by Crippen LogP contribution is -2.60. The molecule has 0 unspecified atom stereocenters. The van der Waals surface area contributed by atoms with Crippen molar-refractivity contribution in [3.8, 4) is 0 Å². The molecule has 1 aliphatic heterocycles. The maximum atomic E-state index is 12.8. The summed E-state index contributed by atoms with van der Waals surface area (Å²) < 4.78 is 2.06. The second-order valence-electron chi connectivity index (χ2n) is 7.02. The smallest absolute Gasteiger partial charge is 0.331 e. The molecule has 0 saturated carbocycles. The summed E-state index contributed by atoms with van der Waals surface area (Å²) in [6.07, 6.45) is 3.48. The zero-order chi connectivity index (χ0) is 18.4. The predicted octanol–water partition coefficient (Wildman–Crippen LogP) is 2.92. The van der Waals surface area contributed by atoms with Gasteiger partial charge >= 0.3 is 6.03 Å². The van der Waals surface area contributed by atoms with Crippen LogP contribution in [0.15, 0.2) is 36.0 Å². The van der Waals surface area contributed by atoms with E-state index in [1.165, 1.54) is 0 Å². The number of nitrogens with one attached hydrogen (secondary N) is 1. The highest BCUT2D eigenvalue weighted by atomic mass is 16.2. The van der Waals surface area contributed by atoms with E-state index in [1.54, 1.807) is 26.8 Å². The molecule has 130 valence electrons. The minimum absolute atomic E-state index is 0.0338. The Labute approximate surface area is 146 Å². The van der Waals surface area contributed by atoms with E-state index >= 15 is 0 Å². The molecule has 1 saturated heterocycles. The van der Waals surface area contributed by atoms with Crippen LogP contribution in [0.4, 0.5) is 4.79 Å². The average molecular weight is 339 g/mol. The van der Waals surface area contributed by atoms with E-state index in [2.05, 4.69) is 9.88 Å². The van der Waals surface area contributed by atoms with Gasteiger partial charge < -0.3 is 4.57 Å². The Balaban J connectivity index is 2.13. The Morgan fingerprint density at radius 3 is 2.44 bits per heavy atom. The second-order valence-corrected chi connectivity index (χ2v) is 7.02. The van der Waals surface area contributed by atoms with Gasteiger partial charge in [-0.2, -0.15) is 0 Å². The fourth-order valence-corrected chi connectivity index (χ4v) is 3.07. The molecule has 1 N–H and O–H groups in total. The summed E-state index contributed by atoms with van der Waals surface area (Å²) in [6.45, 7) is 8.06. The molecule has 3 rings (SSSR count). The molecule has 2 aromatic rings. The van der Waals surface area contributed by atoms with Gasteiger partial charge in [-0.05, 0) is 39.8 Å². The monoisotopic (exact) mass is 339 g/mol. The summed E-state index contributed by atoms with van der Waals surface area (Å²) in [4.78, 5) is 38.2. The van der Waals surface area contributed by atoms with E-state index in [9.17, 15) is 14.4 Å². The molecule has 0 atom stereocenters. The van der Waals surface area contributed by atoms with Crippen molar-refractivity contribution in [1.82, 2.24) is 14.8 Å². The molecule has 0 spiro atoms. The van der Waals surface area contributed by atoms with Crippen LogP contribution < -0.4 is 5.32 Å². The van der Waals surface area contributed by atoms with Gasteiger partial charge in [-0.3, -0.25) is 19.8 Å². The first kappa shape index (κ1) is 17.0. The Morgan fingerprint density at radius 2 is 1.80 bits per heavy atom. The van der Waals surface area contributed by atoms with Crippen molar-refractivity contribution in [1.29, 1.82) is 0 Å². The summed E-state index contributed by atoms with van der Waals surface area (Å²) in [5.74, 6) is -1.24. The van der Waals surface area contributed by atoms with Crippen LogP contribution >= 0.6 is 0 Å². The van der Waals surface area contributed by atoms with Gasteiger partial charge in [0.15, 0.2) is 0 Å². The quantitative estimate of drug-likeness (QED) is 0.675. The van der Waals surface area contributed by atoms with Crippen molar-refractivity contribution < 1.29 is 14.4 Å². The molecule has 0 bridgehead atoms. The number of fused-ring (bicyclic) bond motifs is 1. The topological polar surface area (TPSA) is 71.4 Å². The van der Waals surface area contributed by atoms with E-state index in [1.807, 2.05) is 37.4 Å². The lowest BCUT2D eigenvalue weighted by molar-refractivity contribution is -0.133. The number of urea groups is 1. The number of benzene rings is 1. The molecule has 0 aliphatic carbocycles. The zero-order valence-electron chi connectivity index (χ0n) is 14.8. The summed E-state index contributed by atoms with van der Waals surface area (Å²) in [5, 5.41) is 3.21. The van der Waals surface area contributed by atoms with E-state index in [-0.39, 0.29) is 5.57 Å². The van der Waals surface area contributed by atoms with Crippen molar-refractivity contribution in [2.75, 3.05) is 0 Å². The first-order chi connectivity index (χ1) is 11.7. The Bertz CT molecular complexity index is 916. The number of para-hydroxylation sites is 1. The standard InChI is InChI=1S/C19H21N3O3/c1-5-21-11-12(13-8-6-7-9-15(13)21)10-14-16(23)20-18(25)22(17(14)24)19(2,3)4/h6-11H,5H2,1-4H3,(H,20,23,25)/b14-10+. The zero-order valence-corrected chi connectivity index (χ0v) is 14.8. The maximum absolute atomic E-state index is 12.8. The number of barbiturate groups is 1. The minimum Gasteiger partial charge on any atom is -0.347 e. The number of carbonyl (C=O) groups is 3. The van der Waals surface area contributed by atoms with E-state index in [0.717, 1.165) is 27.9 Å². The lowest BCUT2D eigenvalue weighted by atomic mass is 10.0. The molecule has 0 radical (unpaired) electrons. The highest BCUT2D eigenvalue weighted by molar-refractivity contribution is 6.31. The molecule has 6 nitrogen and oxygen atoms in total. The largest absolute Gasteiger partial charge is 0.347 e. The molecule has 1 aliphatic rings. The van der Waals surface area contributed by atoms with Crippen molar-refractivity contribution in [2.45, 2.75) is 39.8 Å². The van der Waals surface area contributed by atoms with Crippen molar-refractivity contribution >= 4 is 34.8 Å². The molecule has 2 heterocycles. The highest BCUT2D eigenvalue weighted by Crippen LogP contribution is 2.26. The SMILES string of the molecule is CCn1cc(/C=C2\C(=O)NC(=O)N(C(C)(C)C)C2=O)c2ccccc21. The van der Waals surface area contributed by atoms with Crippen LogP contribution in [0.3, 0.4) is 0 Å². The summed E-state index contributed by atoms with van der Waals surface area (Å²) in [7, 11) is 0. The van der Waals surface area contributed by atoms with Crippen molar-refractivity contribution in [3.63, 3.8) is 0 Å². The molecular weight excluding hydrogens is 318 g/mol. The third-order valence-corrected chi connectivity index (χ3v) is 4.23. The Kier molecular flexibility index (Phi) is 3.99. The molecule has 6 heteroatoms. The third kappa shape index (κ3) is 2.84. The lowest BCUT2D eigenvalue weighted by Gasteiger charge is -2.36. The first-order valence-corrected chi connectivity index (χ1v) is 8.23. The Hall–Kier alpha value is -2.89. The van der Waals surface area contributed by atoms with Gasteiger partial charge in [0.1, 0.15) is 5.57 Å². The molecule has 1 fully saturated rings. The van der Waals surface area contributed by atoms with Gasteiger partial charge in [-0.1, -0.05) is 18.2 Å². The summed E-state index contributed by atoms with van der Waals surface area (Å²) in [5.41, 5.74) is 1.05. The molecule has 1 aromatic heterocycles. The van der Waals surface area contributed by atoms with Crippen LogP contribution in [0.1, 0.15) is 33.3 Å². The van der Waals surface area contributed by atoms with Crippen LogP contribution in [0.25, 0.3) is 17.0 Å². The number of hydrogen-bond acceptors (Lipinski definition) is 3. The van der Waals surface area contributed by atoms with Gasteiger partial charge in [-0.25, -0.2) is 4.79 Å². The van der Waals surface area contributed by atoms with E-state index in [4.69, 9.17) is 0 Å². The number of aryl methyl sites for hydroxylation is 1. The summed E-state index contributed by atoms with van der Waals surface area (Å²) in [6, 6.07) is 7.12. The fourth-order valence-electron chi connectivity index (χ4n) is 3.07. The minimum atomic E-state index is -0.724. The van der Waals surface area contributed by atoms with Crippen LogP contribution in [-0.2, 0) is 16.1 Å². The number of aromatic nitrogens is 1. The molecule has 4 amide bonds. The molecule has 25 heavy (non-hydrogen) atoms. The third-order valence-electron chi connectivity index (χ3n) is 4.23. The second kappa shape index (κ2) is 5.88. The summed E-state index contributed by atoms with van der Waals surface area (Å²) >= 11 is 0. The van der Waals surface area contributed by atoms with E-state index in [0.29, 0.717) is 0 Å². The predicted molar refractivity (Wildman–Crippen MR) is 95.7 cm³/mol. The van der Waals surface area contributed by atoms with Gasteiger partial charge in [0.2, 0.25) is 0 Å². The number of amides is 4. The first-order valence-electron chi connectivity index (χ1n) is 8.23. The van der Waals surface area contributed by atoms with Crippen molar-refractivity contribution in [3.05, 3.63) is 41.6 Å². The molecule has 1 aromatic carbocycles. The van der Waals surface area contributed by atoms with Gasteiger partial charge in [0, 0.05) is 34.7 Å². The van der Waals surface area contributed by atoms with Crippen LogP contribution in [0, 0.1) is 0 Å². The fraction of sp³-hybridized carbons (Fsp3) is 0.316. The highest BCUT2D eigenvalue weighted by Gasteiger charge is 2.41. The average Bonchev–Trinajstić information content (AvgIpc) is 2.88. The maximum Gasteiger partial charge on any atom is 0.331 e. The normalized spacial score (nSPS) is 17.5. The van der Waals surface area contributed by atoms with Crippen LogP contribution in [0.5, 0.6) is 0 Å². The van der Waals surface area contributed by atoms with Crippen LogP contribution in [-0.4, -0.2) is 32.9 Å².